The fraction of sp³-hybridized carbons (Fsp3) is 0.0606. The lowest BCUT2D eigenvalue weighted by molar-refractivity contribution is 1.32. The molecule has 5 aromatic carbocycles. The SMILES string of the molecule is C=C(/C=C\c1c(C)c(C2=c3ccccc3=CCC=C2)c2c(c1-c1cccc3ccccc13)=CCC(c1ccc(/C(S)=C/C=C/C=C/C=C\C=C/C)s1)=CC=2)c1ccc(-c2ccc(-c3ccccc3)s2)s1. The predicted octanol–water partition coefficient (Wildman–Crippen LogP) is 16.6. The van der Waals surface area contributed by atoms with Gasteiger partial charge in [-0.25, -0.2) is 0 Å². The highest BCUT2D eigenvalue weighted by Crippen LogP contribution is 2.40. The number of hydrogen-bond donors (Lipinski definition) is 1. The fourth-order valence-electron chi connectivity index (χ4n) is 9.31. The van der Waals surface area contributed by atoms with Gasteiger partial charge in [-0.3, -0.25) is 0 Å². The highest BCUT2D eigenvalue weighted by molar-refractivity contribution is 7.90. The molecule has 0 amide bonds. The second-order valence-electron chi connectivity index (χ2n) is 17.2. The van der Waals surface area contributed by atoms with Crippen LogP contribution in [0.25, 0.3) is 88.0 Å². The van der Waals surface area contributed by atoms with Crippen LogP contribution in [0, 0.1) is 6.92 Å². The first-order valence-corrected chi connectivity index (χ1v) is 26.6. The molecule has 0 bridgehead atoms. The average Bonchev–Trinajstić information content (AvgIpc) is 4.15. The number of thiol groups is 1. The second-order valence-corrected chi connectivity index (χ2v) is 20.9. The molecule has 3 heterocycles. The first-order chi connectivity index (χ1) is 34.4. The van der Waals surface area contributed by atoms with Gasteiger partial charge in [0.25, 0.3) is 0 Å². The van der Waals surface area contributed by atoms with Crippen LogP contribution in [0.3, 0.4) is 0 Å². The number of hydrogen-bond acceptors (Lipinski definition) is 4. The van der Waals surface area contributed by atoms with E-state index < -0.39 is 0 Å². The van der Waals surface area contributed by atoms with Crippen LogP contribution >= 0.6 is 46.6 Å². The van der Waals surface area contributed by atoms with Crippen molar-refractivity contribution in [1.29, 1.82) is 0 Å². The van der Waals surface area contributed by atoms with Crippen LogP contribution in [0.4, 0.5) is 0 Å². The van der Waals surface area contributed by atoms with Gasteiger partial charge in [-0.15, -0.1) is 46.6 Å². The molecule has 0 saturated carbocycles. The van der Waals surface area contributed by atoms with E-state index in [0.29, 0.717) is 0 Å². The quantitative estimate of drug-likeness (QED) is 0.0864. The summed E-state index contributed by atoms with van der Waals surface area (Å²) in [5.41, 5.74) is 10.9. The van der Waals surface area contributed by atoms with E-state index in [4.69, 9.17) is 19.2 Å². The van der Waals surface area contributed by atoms with E-state index >= 15 is 0 Å². The number of thiophene rings is 3. The van der Waals surface area contributed by atoms with Gasteiger partial charge in [0.2, 0.25) is 0 Å². The van der Waals surface area contributed by atoms with Crippen molar-refractivity contribution in [1.82, 2.24) is 0 Å². The van der Waals surface area contributed by atoms with Gasteiger partial charge in [0.15, 0.2) is 0 Å². The highest BCUT2D eigenvalue weighted by atomic mass is 32.1. The van der Waals surface area contributed by atoms with E-state index in [1.165, 1.54) is 95.7 Å². The van der Waals surface area contributed by atoms with E-state index in [-0.39, 0.29) is 0 Å². The van der Waals surface area contributed by atoms with Gasteiger partial charge in [0, 0.05) is 34.2 Å². The van der Waals surface area contributed by atoms with Gasteiger partial charge in [-0.2, -0.15) is 0 Å². The van der Waals surface area contributed by atoms with Crippen LogP contribution in [0.2, 0.25) is 0 Å². The van der Waals surface area contributed by atoms with Crippen molar-refractivity contribution in [2.45, 2.75) is 26.7 Å². The molecule has 340 valence electrons. The van der Waals surface area contributed by atoms with Gasteiger partial charge < -0.3 is 0 Å². The predicted molar refractivity (Wildman–Crippen MR) is 316 cm³/mol. The summed E-state index contributed by atoms with van der Waals surface area (Å²) in [6, 6.07) is 48.5. The van der Waals surface area contributed by atoms with Crippen LogP contribution in [-0.2, 0) is 0 Å². The zero-order valence-electron chi connectivity index (χ0n) is 39.3. The summed E-state index contributed by atoms with van der Waals surface area (Å²) in [6.07, 6.45) is 38.8. The molecule has 70 heavy (non-hydrogen) atoms. The van der Waals surface area contributed by atoms with Crippen molar-refractivity contribution in [3.63, 3.8) is 0 Å². The zero-order chi connectivity index (χ0) is 47.8. The maximum absolute atomic E-state index is 4.94. The summed E-state index contributed by atoms with van der Waals surface area (Å²) in [4.78, 5) is 8.29. The molecular weight excluding hydrogens is 921 g/mol. The third kappa shape index (κ3) is 10.0. The molecule has 8 aromatic rings. The first kappa shape index (κ1) is 46.7. The largest absolute Gasteiger partial charge is 0.142 e. The maximum atomic E-state index is 4.94. The molecule has 0 aliphatic heterocycles. The van der Waals surface area contributed by atoms with Crippen molar-refractivity contribution in [3.05, 3.63) is 271 Å². The molecule has 0 atom stereocenters. The molecule has 2 aliphatic carbocycles. The Labute approximate surface area is 429 Å². The monoisotopic (exact) mass is 972 g/mol. The standard InChI is InChI=1S/C66H52S4/c1-4-5-6-7-8-9-10-14-32-58(67)62-42-40-61(69-62)50-34-37-56-57(38-35-50)66(55-31-21-27-48-24-16-19-29-53(48)55)51(46(3)65(56)54-30-20-17-23-47-22-15-18-28-52(47)54)36-33-45(2)59-39-43-63(68-59)64-44-41-60(70-64)49-25-12-11-13-26-49/h4-16,18-34,36-44,67H,2,17,35H2,1,3H3/b5-4-,7-6-,9-8+,14-10+,36-33-,58-32-. The van der Waals surface area contributed by atoms with Gasteiger partial charge >= 0.3 is 0 Å². The molecule has 10 rings (SSSR count). The minimum Gasteiger partial charge on any atom is -0.142 e. The Morgan fingerprint density at radius 3 is 2.19 bits per heavy atom. The fourth-order valence-corrected chi connectivity index (χ4v) is 12.6. The molecule has 0 unspecified atom stereocenters. The Balaban J connectivity index is 1.11. The van der Waals surface area contributed by atoms with Crippen LogP contribution in [-0.4, -0.2) is 0 Å². The second kappa shape index (κ2) is 21.7. The van der Waals surface area contributed by atoms with E-state index in [1.807, 2.05) is 78.2 Å². The number of rotatable bonds is 13. The van der Waals surface area contributed by atoms with E-state index in [0.717, 1.165) is 33.1 Å². The smallest absolute Gasteiger partial charge is 0.0449 e. The van der Waals surface area contributed by atoms with Crippen molar-refractivity contribution in [2.75, 3.05) is 0 Å². The summed E-state index contributed by atoms with van der Waals surface area (Å²) in [5.74, 6) is 0. The average molecular weight is 973 g/mol. The van der Waals surface area contributed by atoms with Gasteiger partial charge in [-0.05, 0) is 151 Å². The summed E-state index contributed by atoms with van der Waals surface area (Å²) < 4.78 is 0. The lowest BCUT2D eigenvalue weighted by Crippen LogP contribution is -2.35. The molecule has 2 aliphatic rings. The minimum atomic E-state index is 0.777. The van der Waals surface area contributed by atoms with E-state index in [2.05, 4.69) is 195 Å². The summed E-state index contributed by atoms with van der Waals surface area (Å²) >= 11 is 10.4. The van der Waals surface area contributed by atoms with Crippen LogP contribution in [0.15, 0.2) is 219 Å². The number of fused-ring (bicyclic) bond motifs is 3. The van der Waals surface area contributed by atoms with Crippen LogP contribution in [0.5, 0.6) is 0 Å². The summed E-state index contributed by atoms with van der Waals surface area (Å²) in [5, 5.41) is 7.46. The molecular formula is C66H52S4. The minimum absolute atomic E-state index is 0.777. The highest BCUT2D eigenvalue weighted by Gasteiger charge is 2.21. The summed E-state index contributed by atoms with van der Waals surface area (Å²) in [6.45, 7) is 9.04. The van der Waals surface area contributed by atoms with Crippen molar-refractivity contribution in [3.8, 4) is 31.3 Å². The lowest BCUT2D eigenvalue weighted by atomic mass is 9.83. The van der Waals surface area contributed by atoms with Crippen molar-refractivity contribution < 1.29 is 0 Å². The Morgan fingerprint density at radius 1 is 0.614 bits per heavy atom. The molecule has 4 heteroatoms. The lowest BCUT2D eigenvalue weighted by Gasteiger charge is -2.20. The van der Waals surface area contributed by atoms with Crippen LogP contribution in [0.1, 0.15) is 51.1 Å². The Hall–Kier alpha value is -7.05. The molecule has 3 aromatic heterocycles. The Bertz CT molecular complexity index is 3800. The zero-order valence-corrected chi connectivity index (χ0v) is 42.7. The number of benzene rings is 5. The number of allylic oxidation sites excluding steroid dienone is 15. The third-order valence-corrected chi connectivity index (χ3v) is 17.0. The first-order valence-electron chi connectivity index (χ1n) is 23.7. The molecule has 0 N–H and O–H groups in total. The summed E-state index contributed by atoms with van der Waals surface area (Å²) in [7, 11) is 0. The molecule has 0 spiro atoms. The molecule has 0 nitrogen and oxygen atoms in total. The third-order valence-electron chi connectivity index (χ3n) is 12.8. The van der Waals surface area contributed by atoms with E-state index in [9.17, 15) is 0 Å². The molecule has 0 saturated heterocycles. The topological polar surface area (TPSA) is 0 Å². The molecule has 0 radical (unpaired) electrons. The van der Waals surface area contributed by atoms with Crippen molar-refractivity contribution in [2.24, 2.45) is 0 Å². The Morgan fingerprint density at radius 2 is 1.31 bits per heavy atom. The van der Waals surface area contributed by atoms with Gasteiger partial charge in [0.1, 0.15) is 0 Å². The Kier molecular flexibility index (Phi) is 14.5. The normalized spacial score (nSPS) is 14.0. The van der Waals surface area contributed by atoms with Gasteiger partial charge in [-0.1, -0.05) is 201 Å². The van der Waals surface area contributed by atoms with Gasteiger partial charge in [0.05, 0.1) is 0 Å². The molecule has 0 fully saturated rings. The van der Waals surface area contributed by atoms with Crippen molar-refractivity contribution >= 4 is 103 Å². The van der Waals surface area contributed by atoms with Crippen LogP contribution < -0.4 is 20.9 Å². The maximum Gasteiger partial charge on any atom is 0.0449 e. The van der Waals surface area contributed by atoms with E-state index in [1.54, 1.807) is 11.3 Å².